The zero-order valence-electron chi connectivity index (χ0n) is 10.6. The highest BCUT2D eigenvalue weighted by Gasteiger charge is 2.16. The monoisotopic (exact) mass is 256 g/mol. The highest BCUT2D eigenvalue weighted by molar-refractivity contribution is 5.92. The van der Waals surface area contributed by atoms with Crippen LogP contribution in [0.2, 0.25) is 0 Å². The van der Waals surface area contributed by atoms with Crippen molar-refractivity contribution in [1.82, 2.24) is 9.88 Å². The summed E-state index contributed by atoms with van der Waals surface area (Å²) in [6.45, 7) is 0.701. The van der Waals surface area contributed by atoms with E-state index < -0.39 is 0 Å². The lowest BCUT2D eigenvalue weighted by Crippen LogP contribution is -2.33. The second kappa shape index (κ2) is 6.66. The van der Waals surface area contributed by atoms with Crippen LogP contribution in [-0.4, -0.2) is 34.0 Å². The normalized spacial score (nSPS) is 10.2. The van der Waals surface area contributed by atoms with Gasteiger partial charge in [0.15, 0.2) is 0 Å². The minimum absolute atomic E-state index is 0.0641. The maximum absolute atomic E-state index is 12.3. The average Bonchev–Trinajstić information content (AvgIpc) is 2.48. The minimum Gasteiger partial charge on any atom is -0.395 e. The molecule has 4 nitrogen and oxygen atoms in total. The van der Waals surface area contributed by atoms with Gasteiger partial charge in [0.25, 0.3) is 5.91 Å². The molecule has 0 radical (unpaired) electrons. The number of aliphatic hydroxyl groups excluding tert-OH is 1. The number of hydrogen-bond donors (Lipinski definition) is 1. The van der Waals surface area contributed by atoms with E-state index in [1.165, 1.54) is 0 Å². The number of aromatic nitrogens is 1. The first-order valence-corrected chi connectivity index (χ1v) is 6.16. The fourth-order valence-electron chi connectivity index (χ4n) is 1.83. The number of pyridine rings is 1. The number of carbonyl (C=O) groups is 1. The first-order chi connectivity index (χ1) is 9.31. The fourth-order valence-corrected chi connectivity index (χ4v) is 1.83. The van der Waals surface area contributed by atoms with Crippen LogP contribution < -0.4 is 0 Å². The summed E-state index contributed by atoms with van der Waals surface area (Å²) in [5, 5.41) is 9.10. The van der Waals surface area contributed by atoms with Crippen LogP contribution in [0.25, 0.3) is 0 Å². The maximum Gasteiger partial charge on any atom is 0.272 e. The van der Waals surface area contributed by atoms with Crippen molar-refractivity contribution in [2.24, 2.45) is 0 Å². The van der Waals surface area contributed by atoms with E-state index in [4.69, 9.17) is 5.11 Å². The Morgan fingerprint density at radius 2 is 1.84 bits per heavy atom. The van der Waals surface area contributed by atoms with Crippen molar-refractivity contribution in [2.75, 3.05) is 13.2 Å². The van der Waals surface area contributed by atoms with Crippen molar-refractivity contribution in [3.8, 4) is 0 Å². The minimum atomic E-state index is -0.168. The van der Waals surface area contributed by atoms with Gasteiger partial charge in [-0.1, -0.05) is 36.4 Å². The molecular formula is C15H16N2O2. The molecule has 2 aromatic rings. The summed E-state index contributed by atoms with van der Waals surface area (Å²) in [6, 6.07) is 14.9. The number of carbonyl (C=O) groups excluding carboxylic acids is 1. The Kier molecular flexibility index (Phi) is 4.64. The smallest absolute Gasteiger partial charge is 0.272 e. The van der Waals surface area contributed by atoms with Crippen molar-refractivity contribution in [3.05, 3.63) is 66.0 Å². The Bertz CT molecular complexity index is 514. The van der Waals surface area contributed by atoms with Crippen LogP contribution in [0.1, 0.15) is 16.1 Å². The van der Waals surface area contributed by atoms with Crippen LogP contribution >= 0.6 is 0 Å². The number of aliphatic hydroxyl groups is 1. The molecule has 4 heteroatoms. The molecule has 98 valence electrons. The molecule has 0 aliphatic rings. The first kappa shape index (κ1) is 13.2. The lowest BCUT2D eigenvalue weighted by Gasteiger charge is -2.21. The highest BCUT2D eigenvalue weighted by atomic mass is 16.3. The summed E-state index contributed by atoms with van der Waals surface area (Å²) in [5.74, 6) is -0.168. The zero-order valence-corrected chi connectivity index (χ0v) is 10.6. The second-order valence-electron chi connectivity index (χ2n) is 4.15. The Labute approximate surface area is 112 Å². The predicted molar refractivity (Wildman–Crippen MR) is 72.5 cm³/mol. The van der Waals surface area contributed by atoms with E-state index in [0.717, 1.165) is 5.56 Å². The van der Waals surface area contributed by atoms with E-state index in [-0.39, 0.29) is 12.5 Å². The van der Waals surface area contributed by atoms with Gasteiger partial charge in [-0.05, 0) is 17.7 Å². The van der Waals surface area contributed by atoms with Crippen molar-refractivity contribution in [3.63, 3.8) is 0 Å². The number of rotatable bonds is 5. The van der Waals surface area contributed by atoms with Crippen molar-refractivity contribution < 1.29 is 9.90 Å². The Morgan fingerprint density at radius 1 is 1.11 bits per heavy atom. The van der Waals surface area contributed by atoms with Gasteiger partial charge in [0.2, 0.25) is 0 Å². The summed E-state index contributed by atoms with van der Waals surface area (Å²) in [6.07, 6.45) is 1.59. The topological polar surface area (TPSA) is 53.4 Å². The third-order valence-electron chi connectivity index (χ3n) is 2.76. The molecule has 1 aromatic heterocycles. The predicted octanol–water partition coefficient (Wildman–Crippen LogP) is 1.72. The summed E-state index contributed by atoms with van der Waals surface area (Å²) >= 11 is 0. The molecular weight excluding hydrogens is 240 g/mol. The summed E-state index contributed by atoms with van der Waals surface area (Å²) < 4.78 is 0. The summed E-state index contributed by atoms with van der Waals surface area (Å²) in [4.78, 5) is 17.9. The largest absolute Gasteiger partial charge is 0.395 e. The lowest BCUT2D eigenvalue weighted by atomic mass is 10.2. The van der Waals surface area contributed by atoms with Crippen LogP contribution in [-0.2, 0) is 6.54 Å². The standard InChI is InChI=1S/C15H16N2O2/c18-11-10-17(12-13-6-2-1-3-7-13)15(19)14-8-4-5-9-16-14/h1-9,18H,10-12H2. The van der Waals surface area contributed by atoms with Crippen LogP contribution in [0, 0.1) is 0 Å². The lowest BCUT2D eigenvalue weighted by molar-refractivity contribution is 0.0702. The average molecular weight is 256 g/mol. The van der Waals surface area contributed by atoms with E-state index in [0.29, 0.717) is 18.8 Å². The van der Waals surface area contributed by atoms with E-state index >= 15 is 0 Å². The fraction of sp³-hybridized carbons (Fsp3) is 0.200. The molecule has 0 bridgehead atoms. The summed E-state index contributed by atoms with van der Waals surface area (Å²) in [7, 11) is 0. The Hall–Kier alpha value is -2.20. The molecule has 0 fully saturated rings. The number of amides is 1. The molecule has 0 unspecified atom stereocenters. The van der Waals surface area contributed by atoms with Gasteiger partial charge < -0.3 is 10.0 Å². The molecule has 19 heavy (non-hydrogen) atoms. The second-order valence-corrected chi connectivity index (χ2v) is 4.15. The van der Waals surface area contributed by atoms with Crippen LogP contribution in [0.4, 0.5) is 0 Å². The molecule has 0 aliphatic heterocycles. The molecule has 1 aromatic carbocycles. The van der Waals surface area contributed by atoms with Gasteiger partial charge in [-0.2, -0.15) is 0 Å². The van der Waals surface area contributed by atoms with Gasteiger partial charge in [0.05, 0.1) is 6.61 Å². The van der Waals surface area contributed by atoms with Gasteiger partial charge >= 0.3 is 0 Å². The van der Waals surface area contributed by atoms with Gasteiger partial charge in [0.1, 0.15) is 5.69 Å². The van der Waals surface area contributed by atoms with Gasteiger partial charge in [0, 0.05) is 19.3 Å². The summed E-state index contributed by atoms with van der Waals surface area (Å²) in [5.41, 5.74) is 1.42. The Morgan fingerprint density at radius 3 is 2.47 bits per heavy atom. The van der Waals surface area contributed by atoms with Crippen LogP contribution in [0.5, 0.6) is 0 Å². The molecule has 0 saturated carbocycles. The van der Waals surface area contributed by atoms with Gasteiger partial charge in [-0.15, -0.1) is 0 Å². The highest BCUT2D eigenvalue weighted by Crippen LogP contribution is 2.08. The quantitative estimate of drug-likeness (QED) is 0.886. The molecule has 0 saturated heterocycles. The molecule has 1 amide bonds. The van der Waals surface area contributed by atoms with Crippen molar-refractivity contribution >= 4 is 5.91 Å². The van der Waals surface area contributed by atoms with Gasteiger partial charge in [-0.25, -0.2) is 0 Å². The maximum atomic E-state index is 12.3. The molecule has 0 atom stereocenters. The molecule has 0 spiro atoms. The Balaban J connectivity index is 2.14. The molecule has 0 aliphatic carbocycles. The van der Waals surface area contributed by atoms with E-state index in [1.807, 2.05) is 30.3 Å². The number of benzene rings is 1. The third-order valence-corrected chi connectivity index (χ3v) is 2.76. The SMILES string of the molecule is O=C(c1ccccn1)N(CCO)Cc1ccccc1. The first-order valence-electron chi connectivity index (χ1n) is 6.16. The van der Waals surface area contributed by atoms with Crippen LogP contribution in [0.3, 0.4) is 0 Å². The number of nitrogens with zero attached hydrogens (tertiary/aromatic N) is 2. The van der Waals surface area contributed by atoms with Crippen molar-refractivity contribution in [2.45, 2.75) is 6.54 Å². The van der Waals surface area contributed by atoms with E-state index in [9.17, 15) is 4.79 Å². The van der Waals surface area contributed by atoms with E-state index in [1.54, 1.807) is 29.3 Å². The number of hydrogen-bond acceptors (Lipinski definition) is 3. The zero-order chi connectivity index (χ0) is 13.5. The van der Waals surface area contributed by atoms with Crippen LogP contribution in [0.15, 0.2) is 54.7 Å². The van der Waals surface area contributed by atoms with Gasteiger partial charge in [-0.3, -0.25) is 9.78 Å². The van der Waals surface area contributed by atoms with E-state index in [2.05, 4.69) is 4.98 Å². The molecule has 1 N–H and O–H groups in total. The van der Waals surface area contributed by atoms with Crippen molar-refractivity contribution in [1.29, 1.82) is 0 Å². The third kappa shape index (κ3) is 3.63. The molecule has 1 heterocycles. The molecule has 2 rings (SSSR count).